The highest BCUT2D eigenvalue weighted by atomic mass is 32.2. The van der Waals surface area contributed by atoms with Gasteiger partial charge in [0.15, 0.2) is 5.13 Å². The minimum absolute atomic E-state index is 0.142. The predicted molar refractivity (Wildman–Crippen MR) is 108 cm³/mol. The van der Waals surface area contributed by atoms with E-state index in [-0.39, 0.29) is 5.37 Å². The summed E-state index contributed by atoms with van der Waals surface area (Å²) in [6.45, 7) is 0. The summed E-state index contributed by atoms with van der Waals surface area (Å²) < 4.78 is 0. The molecular formula is C15H9N5S5. The fraction of sp³-hybridized carbons (Fsp3) is 0.0667. The third kappa shape index (κ3) is 2.93. The van der Waals surface area contributed by atoms with Crippen LogP contribution in [-0.4, -0.2) is 19.9 Å². The number of rotatable bonds is 4. The molecule has 0 aromatic carbocycles. The van der Waals surface area contributed by atoms with Gasteiger partial charge in [0.2, 0.25) is 0 Å². The van der Waals surface area contributed by atoms with E-state index >= 15 is 0 Å². The number of anilines is 1. The summed E-state index contributed by atoms with van der Waals surface area (Å²) in [5, 5.41) is 14.3. The molecule has 0 aliphatic carbocycles. The molecule has 0 saturated carbocycles. The molecule has 4 aromatic rings. The minimum atomic E-state index is 0.142. The van der Waals surface area contributed by atoms with Gasteiger partial charge in [-0.1, -0.05) is 11.8 Å². The van der Waals surface area contributed by atoms with Gasteiger partial charge in [-0.15, -0.1) is 45.3 Å². The van der Waals surface area contributed by atoms with E-state index in [1.165, 1.54) is 0 Å². The van der Waals surface area contributed by atoms with Gasteiger partial charge in [-0.05, 0) is 5.41 Å². The van der Waals surface area contributed by atoms with Gasteiger partial charge in [-0.3, -0.25) is 0 Å². The molecule has 0 fully saturated rings. The van der Waals surface area contributed by atoms with Crippen molar-refractivity contribution in [3.05, 3.63) is 50.5 Å². The lowest BCUT2D eigenvalue weighted by Gasteiger charge is -2.19. The summed E-state index contributed by atoms with van der Waals surface area (Å²) in [5.74, 6) is 0. The fourth-order valence-corrected chi connectivity index (χ4v) is 6.50. The highest BCUT2D eigenvalue weighted by Crippen LogP contribution is 2.44. The molecule has 0 radical (unpaired) electrons. The Morgan fingerprint density at radius 1 is 0.840 bits per heavy atom. The van der Waals surface area contributed by atoms with Crippen LogP contribution >= 0.6 is 57.1 Å². The number of thioether (sulfide) groups is 1. The van der Waals surface area contributed by atoms with E-state index in [1.54, 1.807) is 63.3 Å². The first-order valence-corrected chi connectivity index (χ1v) is 11.7. The molecule has 4 aromatic heterocycles. The fourth-order valence-electron chi connectivity index (χ4n) is 2.34. The first-order chi connectivity index (χ1) is 12.4. The smallest absolute Gasteiger partial charge is 0.190 e. The molecule has 0 bridgehead atoms. The van der Waals surface area contributed by atoms with E-state index in [0.717, 1.165) is 31.5 Å². The zero-order valence-electron chi connectivity index (χ0n) is 12.5. The van der Waals surface area contributed by atoms with Crippen LogP contribution in [0, 0.1) is 0 Å². The van der Waals surface area contributed by atoms with Gasteiger partial charge in [0, 0.05) is 40.1 Å². The van der Waals surface area contributed by atoms with Crippen LogP contribution in [0.2, 0.25) is 0 Å². The first kappa shape index (κ1) is 15.6. The van der Waals surface area contributed by atoms with Crippen molar-refractivity contribution in [2.24, 2.45) is 0 Å². The summed E-state index contributed by atoms with van der Waals surface area (Å²) >= 11 is 8.26. The number of hydrogen-bond acceptors (Lipinski definition) is 10. The Bertz CT molecular complexity index is 1000. The van der Waals surface area contributed by atoms with Crippen molar-refractivity contribution < 1.29 is 0 Å². The Hall–Kier alpha value is -1.59. The number of thiazole rings is 4. The van der Waals surface area contributed by atoms with E-state index < -0.39 is 0 Å². The monoisotopic (exact) mass is 419 g/mol. The first-order valence-electron chi connectivity index (χ1n) is 7.19. The summed E-state index contributed by atoms with van der Waals surface area (Å²) in [4.78, 5) is 20.4. The normalized spacial score (nSPS) is 16.8. The third-order valence-corrected chi connectivity index (χ3v) is 7.91. The predicted octanol–water partition coefficient (Wildman–Crippen LogP) is 5.57. The van der Waals surface area contributed by atoms with Gasteiger partial charge < -0.3 is 4.90 Å². The van der Waals surface area contributed by atoms with Crippen molar-refractivity contribution in [2.45, 2.75) is 5.37 Å². The van der Waals surface area contributed by atoms with Crippen molar-refractivity contribution >= 4 is 62.2 Å². The molecule has 1 atom stereocenters. The van der Waals surface area contributed by atoms with Crippen LogP contribution in [0.1, 0.15) is 10.4 Å². The number of nitrogens with zero attached hydrogens (tertiary/aromatic N) is 5. The highest BCUT2D eigenvalue weighted by molar-refractivity contribution is 8.02. The van der Waals surface area contributed by atoms with Crippen LogP contribution in [0.5, 0.6) is 0 Å². The molecule has 124 valence electrons. The van der Waals surface area contributed by atoms with Gasteiger partial charge in [-0.25, -0.2) is 19.9 Å². The zero-order valence-corrected chi connectivity index (χ0v) is 16.6. The SMILES string of the molecule is C1=CN(c2nccs2)C(c2nc(-c3nc(-c4nccs4)cs3)cs2)S1. The van der Waals surface area contributed by atoms with Gasteiger partial charge >= 0.3 is 0 Å². The second-order valence-corrected chi connectivity index (χ2v) is 9.45. The van der Waals surface area contributed by atoms with E-state index in [9.17, 15) is 0 Å². The summed E-state index contributed by atoms with van der Waals surface area (Å²) in [7, 11) is 0. The maximum absolute atomic E-state index is 4.84. The van der Waals surface area contributed by atoms with Gasteiger partial charge in [-0.2, -0.15) is 0 Å². The van der Waals surface area contributed by atoms with Crippen molar-refractivity contribution in [1.29, 1.82) is 0 Å². The minimum Gasteiger partial charge on any atom is -0.305 e. The molecule has 1 aliphatic heterocycles. The van der Waals surface area contributed by atoms with E-state index in [2.05, 4.69) is 31.9 Å². The molecular weight excluding hydrogens is 411 g/mol. The van der Waals surface area contributed by atoms with Crippen LogP contribution in [0.15, 0.2) is 45.5 Å². The van der Waals surface area contributed by atoms with Crippen LogP contribution < -0.4 is 4.90 Å². The van der Waals surface area contributed by atoms with Crippen LogP contribution in [0.3, 0.4) is 0 Å². The van der Waals surface area contributed by atoms with Gasteiger partial charge in [0.25, 0.3) is 0 Å². The van der Waals surface area contributed by atoms with E-state index in [4.69, 9.17) is 9.97 Å². The van der Waals surface area contributed by atoms with E-state index in [0.29, 0.717) is 0 Å². The third-order valence-electron chi connectivity index (χ3n) is 3.43. The maximum atomic E-state index is 4.84. The Labute approximate surface area is 163 Å². The average Bonchev–Trinajstić information content (AvgIpc) is 3.48. The van der Waals surface area contributed by atoms with Crippen molar-refractivity contribution in [1.82, 2.24) is 19.9 Å². The second kappa shape index (κ2) is 6.61. The zero-order chi connectivity index (χ0) is 16.6. The molecule has 10 heteroatoms. The lowest BCUT2D eigenvalue weighted by molar-refractivity contribution is 0.935. The number of aromatic nitrogens is 4. The summed E-state index contributed by atoms with van der Waals surface area (Å²) in [5.41, 5.74) is 1.85. The Morgan fingerprint density at radius 2 is 1.68 bits per heavy atom. The van der Waals surface area contributed by atoms with Crippen molar-refractivity contribution in [3.8, 4) is 21.4 Å². The standard InChI is InChI=1S/C15H9N5S5/c1-4-21-11(16-1)9-7-24-12(18-9)10-8-25-13(19-10)14-20(3-6-22-14)15-17-2-5-23-15/h1-8,14H. The topological polar surface area (TPSA) is 54.8 Å². The summed E-state index contributed by atoms with van der Waals surface area (Å²) in [6.07, 6.45) is 5.70. The van der Waals surface area contributed by atoms with E-state index in [1.807, 2.05) is 22.3 Å². The highest BCUT2D eigenvalue weighted by Gasteiger charge is 2.28. The molecule has 1 unspecified atom stereocenters. The van der Waals surface area contributed by atoms with Crippen LogP contribution in [0.4, 0.5) is 5.13 Å². The Kier molecular flexibility index (Phi) is 4.14. The van der Waals surface area contributed by atoms with Crippen molar-refractivity contribution in [3.63, 3.8) is 0 Å². The molecule has 0 spiro atoms. The van der Waals surface area contributed by atoms with Gasteiger partial charge in [0.05, 0.1) is 0 Å². The quantitative estimate of drug-likeness (QED) is 0.431. The lowest BCUT2D eigenvalue weighted by Crippen LogP contribution is -2.16. The van der Waals surface area contributed by atoms with Crippen molar-refractivity contribution in [2.75, 3.05) is 4.90 Å². The number of hydrogen-bond donors (Lipinski definition) is 0. The summed E-state index contributed by atoms with van der Waals surface area (Å²) in [6, 6.07) is 0. The molecule has 25 heavy (non-hydrogen) atoms. The Morgan fingerprint density at radius 3 is 2.52 bits per heavy atom. The van der Waals surface area contributed by atoms with Crippen LogP contribution in [0.25, 0.3) is 21.4 Å². The molecule has 1 aliphatic rings. The molecule has 0 saturated heterocycles. The maximum Gasteiger partial charge on any atom is 0.190 e. The largest absolute Gasteiger partial charge is 0.305 e. The molecule has 5 heterocycles. The molecule has 0 N–H and O–H groups in total. The van der Waals surface area contributed by atoms with Gasteiger partial charge in [0.1, 0.15) is 31.8 Å². The molecule has 5 rings (SSSR count). The van der Waals surface area contributed by atoms with Crippen LogP contribution in [-0.2, 0) is 0 Å². The molecule has 0 amide bonds. The average molecular weight is 420 g/mol. The second-order valence-electron chi connectivity index (χ2n) is 4.94. The molecule has 5 nitrogen and oxygen atoms in total. The lowest BCUT2D eigenvalue weighted by atomic mass is 10.5. The Balaban J connectivity index is 1.42.